The Labute approximate surface area is 433 Å². The monoisotopic (exact) mass is 981 g/mol. The number of hydrogen-bond acceptors (Lipinski definition) is 3. The van der Waals surface area contributed by atoms with Crippen LogP contribution in [0.25, 0.3) is 120 Å². The molecule has 2 aromatic heterocycles. The summed E-state index contributed by atoms with van der Waals surface area (Å²) in [4.78, 5) is 7.31. The molecular weight excluding hydrogens is 948 g/mol. The van der Waals surface area contributed by atoms with Gasteiger partial charge in [-0.1, -0.05) is 91.0 Å². The lowest BCUT2D eigenvalue weighted by Gasteiger charge is -2.21. The third kappa shape index (κ3) is 7.83. The average molecular weight is 982 g/mol. The van der Waals surface area contributed by atoms with Crippen molar-refractivity contribution >= 4 is 55.0 Å². The van der Waals surface area contributed by atoms with E-state index in [0.717, 1.165) is 78.2 Å². The summed E-state index contributed by atoms with van der Waals surface area (Å²) in [5, 5.41) is 33.9. The van der Waals surface area contributed by atoms with E-state index in [1.54, 1.807) is 36.4 Å². The molecule has 12 aromatic rings. The molecule has 0 radical (unpaired) electrons. The first-order valence-corrected chi connectivity index (χ1v) is 23.9. The van der Waals surface area contributed by atoms with Crippen molar-refractivity contribution in [2.75, 3.05) is 0 Å². The van der Waals surface area contributed by atoms with Gasteiger partial charge >= 0.3 is 6.18 Å². The summed E-state index contributed by atoms with van der Waals surface area (Å²) in [6.45, 7) is 15.4. The number of nitriles is 3. The largest absolute Gasteiger partial charge is 0.416 e. The molecule has 0 aliphatic heterocycles. The Bertz CT molecular complexity index is 4420. The maximum atomic E-state index is 15.3. The second-order valence-electron chi connectivity index (χ2n) is 18.3. The highest BCUT2D eigenvalue weighted by molar-refractivity contribution is 6.14. The molecule has 10 heteroatoms. The highest BCUT2D eigenvalue weighted by Crippen LogP contribution is 2.46. The number of halogens is 3. The Balaban J connectivity index is 1.16. The summed E-state index contributed by atoms with van der Waals surface area (Å²) in [5.74, 6) is 0. The van der Waals surface area contributed by atoms with E-state index in [1.807, 2.05) is 161 Å². The molecule has 0 N–H and O–H groups in total. The predicted molar refractivity (Wildman–Crippen MR) is 294 cm³/mol. The van der Waals surface area contributed by atoms with Gasteiger partial charge in [0.05, 0.1) is 87.0 Å². The highest BCUT2D eigenvalue weighted by Gasteiger charge is 2.33. The van der Waals surface area contributed by atoms with Crippen molar-refractivity contribution < 1.29 is 13.2 Å². The molecule has 2 heterocycles. The van der Waals surface area contributed by atoms with Gasteiger partial charge in [0.1, 0.15) is 0 Å². The fourth-order valence-electron chi connectivity index (χ4n) is 10.5. The van der Waals surface area contributed by atoms with Gasteiger partial charge in [0, 0.05) is 32.7 Å². The Morgan fingerprint density at radius 3 is 1.18 bits per heavy atom. The zero-order valence-electron chi connectivity index (χ0n) is 39.9. The normalized spacial score (nSPS) is 11.3. The first-order valence-electron chi connectivity index (χ1n) is 23.9. The van der Waals surface area contributed by atoms with E-state index in [9.17, 15) is 15.8 Å². The molecule has 0 bridgehead atoms. The molecule has 0 atom stereocenters. The van der Waals surface area contributed by atoms with Crippen LogP contribution in [0.2, 0.25) is 0 Å². The lowest BCUT2D eigenvalue weighted by molar-refractivity contribution is -0.137. The number of aromatic nitrogens is 2. The van der Waals surface area contributed by atoms with Gasteiger partial charge in [0.2, 0.25) is 0 Å². The van der Waals surface area contributed by atoms with E-state index in [0.29, 0.717) is 55.9 Å². The molecule has 76 heavy (non-hydrogen) atoms. The van der Waals surface area contributed by atoms with Crippen LogP contribution in [0.4, 0.5) is 24.5 Å². The van der Waals surface area contributed by atoms with Gasteiger partial charge in [-0.3, -0.25) is 0 Å². The highest BCUT2D eigenvalue weighted by atomic mass is 19.4. The number of benzene rings is 10. The first kappa shape index (κ1) is 46.1. The van der Waals surface area contributed by atoms with Crippen LogP contribution in [0, 0.1) is 47.1 Å². The van der Waals surface area contributed by atoms with Crippen molar-refractivity contribution in [3.8, 4) is 85.2 Å². The minimum atomic E-state index is -4.76. The van der Waals surface area contributed by atoms with Crippen molar-refractivity contribution in [2.45, 2.75) is 6.18 Å². The van der Waals surface area contributed by atoms with Crippen molar-refractivity contribution in [1.29, 1.82) is 15.8 Å². The van der Waals surface area contributed by atoms with E-state index >= 15 is 13.2 Å². The van der Waals surface area contributed by atoms with E-state index < -0.39 is 11.7 Å². The van der Waals surface area contributed by atoms with E-state index in [2.05, 4.69) is 27.9 Å². The quantitative estimate of drug-likeness (QED) is 0.149. The van der Waals surface area contributed by atoms with Gasteiger partial charge in [-0.15, -0.1) is 0 Å². The summed E-state index contributed by atoms with van der Waals surface area (Å²) in [6, 6.07) is 68.7. The fraction of sp³-hybridized carbons (Fsp3) is 0.0152. The molecule has 12 rings (SSSR count). The van der Waals surface area contributed by atoms with E-state index in [-0.39, 0.29) is 16.7 Å². The van der Waals surface area contributed by atoms with Gasteiger partial charge in [-0.25, -0.2) is 9.69 Å². The van der Waals surface area contributed by atoms with Gasteiger partial charge in [0.15, 0.2) is 11.4 Å². The van der Waals surface area contributed by atoms with Crippen molar-refractivity contribution in [3.63, 3.8) is 0 Å². The Hall–Kier alpha value is -11.0. The second-order valence-corrected chi connectivity index (χ2v) is 18.3. The van der Waals surface area contributed by atoms with Crippen LogP contribution in [0.3, 0.4) is 0 Å². The minimum Gasteiger partial charge on any atom is -0.309 e. The van der Waals surface area contributed by atoms with Crippen LogP contribution in [-0.2, 0) is 6.18 Å². The summed E-state index contributed by atoms with van der Waals surface area (Å²) < 4.78 is 49.7. The smallest absolute Gasteiger partial charge is 0.309 e. The molecule has 10 aromatic carbocycles. The molecule has 0 aliphatic rings. The first-order chi connectivity index (χ1) is 37.0. The third-order valence-electron chi connectivity index (χ3n) is 14.0. The van der Waals surface area contributed by atoms with Crippen LogP contribution < -0.4 is 0 Å². The van der Waals surface area contributed by atoms with Crippen LogP contribution in [0.1, 0.15) is 22.3 Å². The van der Waals surface area contributed by atoms with Gasteiger partial charge in [-0.2, -0.15) is 29.0 Å². The second kappa shape index (κ2) is 18.3. The summed E-state index contributed by atoms with van der Waals surface area (Å²) in [6.07, 6.45) is -4.76. The topological polar surface area (TPSA) is 90.0 Å². The molecule has 0 spiro atoms. The predicted octanol–water partition coefficient (Wildman–Crippen LogP) is 18.0. The molecule has 0 saturated heterocycles. The lowest BCUT2D eigenvalue weighted by atomic mass is 9.94. The molecule has 7 nitrogen and oxygen atoms in total. The Kier molecular flexibility index (Phi) is 11.1. The molecule has 0 fully saturated rings. The zero-order valence-corrected chi connectivity index (χ0v) is 39.9. The maximum Gasteiger partial charge on any atom is 0.416 e. The number of alkyl halides is 3. The van der Waals surface area contributed by atoms with Crippen LogP contribution >= 0.6 is 0 Å². The number of nitrogens with zero attached hydrogens (tertiary/aromatic N) is 7. The van der Waals surface area contributed by atoms with Crippen molar-refractivity contribution in [1.82, 2.24) is 9.13 Å². The Morgan fingerprint density at radius 2 is 0.776 bits per heavy atom. The van der Waals surface area contributed by atoms with Crippen molar-refractivity contribution in [3.05, 3.63) is 251 Å². The summed E-state index contributed by atoms with van der Waals surface area (Å²) >= 11 is 0. The average Bonchev–Trinajstić information content (AvgIpc) is 3.98. The van der Waals surface area contributed by atoms with Crippen LogP contribution in [0.15, 0.2) is 206 Å². The fourth-order valence-corrected chi connectivity index (χ4v) is 10.5. The zero-order chi connectivity index (χ0) is 52.2. The van der Waals surface area contributed by atoms with Crippen molar-refractivity contribution in [2.24, 2.45) is 0 Å². The van der Waals surface area contributed by atoms with Crippen LogP contribution in [0.5, 0.6) is 0 Å². The Morgan fingerprint density at radius 1 is 0.382 bits per heavy atom. The molecular formula is C66H34F3N7. The van der Waals surface area contributed by atoms with Gasteiger partial charge in [0.25, 0.3) is 0 Å². The molecule has 0 aliphatic carbocycles. The SMILES string of the molecule is [C-]#[N+]c1cccc(-c2ccc3c(c2)c2cc(-c4cccc(C#N)c4)ccc2n3-c2ccc(C(F)(F)F)cc2-c2c(C#N)cccc2-n2c3ccc(-c4cccc(C#N)c4)cc3c3cc(-c4cccc([N+]#[C-])c4)ccc32)c1. The number of fused-ring (bicyclic) bond motifs is 6. The maximum absolute atomic E-state index is 15.3. The van der Waals surface area contributed by atoms with Crippen LogP contribution in [-0.4, -0.2) is 9.13 Å². The van der Waals surface area contributed by atoms with Gasteiger partial charge < -0.3 is 9.13 Å². The summed E-state index contributed by atoms with van der Waals surface area (Å²) in [7, 11) is 0. The standard InChI is InChI=1S/C66H34F3N7/c1-73-52-15-5-12-44(30-52)48-20-24-60-55(34-48)54-32-46(42-10-3-8-40(28-42)37-70)18-23-59(54)75(60)63-27-22-51(66(67,68)69)36-58(63)65-50(39-72)14-7-17-64(65)76-61-25-19-47(43-11-4-9-41(29-43)38-71)33-56(61)57-35-49(21-26-62(57)76)45-13-6-16-53(31-45)74-2/h3-36H. The van der Waals surface area contributed by atoms with Gasteiger partial charge in [-0.05, 0) is 160 Å². The third-order valence-corrected chi connectivity index (χ3v) is 14.0. The molecule has 0 saturated carbocycles. The molecule has 0 amide bonds. The van der Waals surface area contributed by atoms with E-state index in [1.165, 1.54) is 6.07 Å². The number of rotatable bonds is 7. The number of hydrogen-bond donors (Lipinski definition) is 0. The minimum absolute atomic E-state index is 0.146. The summed E-state index contributed by atoms with van der Waals surface area (Å²) in [5.41, 5.74) is 11.9. The lowest BCUT2D eigenvalue weighted by Crippen LogP contribution is -2.08. The van der Waals surface area contributed by atoms with E-state index in [4.69, 9.17) is 13.1 Å². The molecule has 0 unspecified atom stereocenters. The molecule has 354 valence electrons.